The Balaban J connectivity index is 1.85. The normalized spacial score (nSPS) is 9.91. The van der Waals surface area contributed by atoms with Crippen molar-refractivity contribution in [3.63, 3.8) is 0 Å². The largest absolute Gasteiger partial charge is 0.376 e. The fourth-order valence-corrected chi connectivity index (χ4v) is 1.98. The van der Waals surface area contributed by atoms with Crippen molar-refractivity contribution in [2.24, 2.45) is 0 Å². The summed E-state index contributed by atoms with van der Waals surface area (Å²) in [4.78, 5) is 22.8. The fourth-order valence-electron chi connectivity index (χ4n) is 1.98. The molecule has 0 aliphatic rings. The summed E-state index contributed by atoms with van der Waals surface area (Å²) >= 11 is 0. The average Bonchev–Trinajstić information content (AvgIpc) is 2.47. The third kappa shape index (κ3) is 4.94. The van der Waals surface area contributed by atoms with Gasteiger partial charge in [-0.25, -0.2) is 0 Å². The van der Waals surface area contributed by atoms with Crippen LogP contribution in [-0.2, 0) is 9.59 Å². The van der Waals surface area contributed by atoms with Crippen LogP contribution in [0.15, 0.2) is 48.5 Å². The molecule has 114 valence electrons. The van der Waals surface area contributed by atoms with Crippen molar-refractivity contribution in [3.05, 3.63) is 54.1 Å². The van der Waals surface area contributed by atoms with Gasteiger partial charge < -0.3 is 16.0 Å². The Morgan fingerprint density at radius 1 is 0.909 bits per heavy atom. The second-order valence-corrected chi connectivity index (χ2v) is 5.03. The van der Waals surface area contributed by atoms with Gasteiger partial charge in [-0.05, 0) is 48.9 Å². The van der Waals surface area contributed by atoms with E-state index in [0.717, 1.165) is 11.3 Å². The summed E-state index contributed by atoms with van der Waals surface area (Å²) in [6.07, 6.45) is 0. The highest BCUT2D eigenvalue weighted by Crippen LogP contribution is 2.14. The molecule has 0 saturated heterocycles. The van der Waals surface area contributed by atoms with Crippen molar-refractivity contribution < 1.29 is 9.59 Å². The first-order chi connectivity index (χ1) is 10.5. The number of benzene rings is 2. The van der Waals surface area contributed by atoms with Gasteiger partial charge in [-0.1, -0.05) is 12.1 Å². The van der Waals surface area contributed by atoms with Crippen LogP contribution in [0.3, 0.4) is 0 Å². The predicted octanol–water partition coefficient (Wildman–Crippen LogP) is 3.00. The van der Waals surface area contributed by atoms with Gasteiger partial charge in [0.15, 0.2) is 0 Å². The minimum atomic E-state index is -0.131. The second kappa shape index (κ2) is 7.26. The lowest BCUT2D eigenvalue weighted by Crippen LogP contribution is -2.21. The SMILES string of the molecule is CC(=O)Nc1ccc(NC(=O)CNc2cccc(C)c2)cc1. The Kier molecular flexibility index (Phi) is 5.14. The topological polar surface area (TPSA) is 70.2 Å². The molecular weight excluding hydrogens is 278 g/mol. The maximum absolute atomic E-state index is 11.9. The minimum absolute atomic E-state index is 0.126. The number of anilines is 3. The van der Waals surface area contributed by atoms with Gasteiger partial charge in [-0.3, -0.25) is 9.59 Å². The second-order valence-electron chi connectivity index (χ2n) is 5.03. The van der Waals surface area contributed by atoms with E-state index in [0.29, 0.717) is 11.4 Å². The van der Waals surface area contributed by atoms with Crippen LogP contribution in [0.25, 0.3) is 0 Å². The van der Waals surface area contributed by atoms with Gasteiger partial charge in [0.25, 0.3) is 0 Å². The van der Waals surface area contributed by atoms with Crippen molar-refractivity contribution in [2.45, 2.75) is 13.8 Å². The highest BCUT2D eigenvalue weighted by molar-refractivity contribution is 5.94. The Labute approximate surface area is 129 Å². The molecule has 5 nitrogen and oxygen atoms in total. The Hall–Kier alpha value is -2.82. The van der Waals surface area contributed by atoms with E-state index in [2.05, 4.69) is 16.0 Å². The molecular formula is C17H19N3O2. The standard InChI is InChI=1S/C17H19N3O2/c1-12-4-3-5-16(10-12)18-11-17(22)20-15-8-6-14(7-9-15)19-13(2)21/h3-10,18H,11H2,1-2H3,(H,19,21)(H,20,22). The van der Waals surface area contributed by atoms with E-state index in [9.17, 15) is 9.59 Å². The molecule has 5 heteroatoms. The van der Waals surface area contributed by atoms with Crippen LogP contribution < -0.4 is 16.0 Å². The molecule has 0 saturated carbocycles. The average molecular weight is 297 g/mol. The minimum Gasteiger partial charge on any atom is -0.376 e. The highest BCUT2D eigenvalue weighted by Gasteiger charge is 2.03. The summed E-state index contributed by atoms with van der Waals surface area (Å²) in [6.45, 7) is 3.64. The number of rotatable bonds is 5. The molecule has 22 heavy (non-hydrogen) atoms. The maximum Gasteiger partial charge on any atom is 0.243 e. The molecule has 0 heterocycles. The number of hydrogen-bond acceptors (Lipinski definition) is 3. The quantitative estimate of drug-likeness (QED) is 0.794. The molecule has 2 amide bonds. The maximum atomic E-state index is 11.9. The van der Waals surface area contributed by atoms with Crippen LogP contribution in [-0.4, -0.2) is 18.4 Å². The van der Waals surface area contributed by atoms with Crippen molar-refractivity contribution in [1.29, 1.82) is 0 Å². The molecule has 0 atom stereocenters. The number of carbonyl (C=O) groups excluding carboxylic acids is 2. The zero-order chi connectivity index (χ0) is 15.9. The lowest BCUT2D eigenvalue weighted by atomic mass is 10.2. The lowest BCUT2D eigenvalue weighted by Gasteiger charge is -2.09. The molecule has 0 spiro atoms. The van der Waals surface area contributed by atoms with Crippen LogP contribution in [0, 0.1) is 6.92 Å². The van der Waals surface area contributed by atoms with Crippen molar-refractivity contribution in [2.75, 3.05) is 22.5 Å². The van der Waals surface area contributed by atoms with E-state index >= 15 is 0 Å². The van der Waals surface area contributed by atoms with Gasteiger partial charge in [-0.15, -0.1) is 0 Å². The number of aryl methyl sites for hydroxylation is 1. The summed E-state index contributed by atoms with van der Waals surface area (Å²) in [7, 11) is 0. The Morgan fingerprint density at radius 2 is 1.55 bits per heavy atom. The van der Waals surface area contributed by atoms with E-state index in [1.54, 1.807) is 24.3 Å². The van der Waals surface area contributed by atoms with Crippen LogP contribution in [0.1, 0.15) is 12.5 Å². The molecule has 0 aliphatic heterocycles. The molecule has 0 bridgehead atoms. The molecule has 2 aromatic rings. The molecule has 0 unspecified atom stereocenters. The van der Waals surface area contributed by atoms with Gasteiger partial charge >= 0.3 is 0 Å². The van der Waals surface area contributed by atoms with Gasteiger partial charge in [-0.2, -0.15) is 0 Å². The zero-order valence-corrected chi connectivity index (χ0v) is 12.6. The monoisotopic (exact) mass is 297 g/mol. The molecule has 0 aromatic heterocycles. The van der Waals surface area contributed by atoms with Gasteiger partial charge in [0.1, 0.15) is 0 Å². The Morgan fingerprint density at radius 3 is 2.14 bits per heavy atom. The van der Waals surface area contributed by atoms with E-state index < -0.39 is 0 Å². The third-order valence-corrected chi connectivity index (χ3v) is 2.96. The lowest BCUT2D eigenvalue weighted by molar-refractivity contribution is -0.115. The van der Waals surface area contributed by atoms with E-state index in [-0.39, 0.29) is 18.4 Å². The number of nitrogens with one attached hydrogen (secondary N) is 3. The zero-order valence-electron chi connectivity index (χ0n) is 12.6. The first-order valence-corrected chi connectivity index (χ1v) is 7.01. The van der Waals surface area contributed by atoms with Crippen LogP contribution in [0.2, 0.25) is 0 Å². The van der Waals surface area contributed by atoms with Crippen molar-refractivity contribution >= 4 is 28.9 Å². The molecule has 0 radical (unpaired) electrons. The summed E-state index contributed by atoms with van der Waals surface area (Å²) in [5, 5.41) is 8.54. The summed E-state index contributed by atoms with van der Waals surface area (Å²) in [5.41, 5.74) is 3.43. The van der Waals surface area contributed by atoms with Crippen LogP contribution >= 0.6 is 0 Å². The Bertz CT molecular complexity index is 666. The molecule has 0 fully saturated rings. The van der Waals surface area contributed by atoms with E-state index in [1.807, 2.05) is 31.2 Å². The first kappa shape index (κ1) is 15.6. The molecule has 2 aromatic carbocycles. The van der Waals surface area contributed by atoms with E-state index in [1.165, 1.54) is 6.92 Å². The predicted molar refractivity (Wildman–Crippen MR) is 89.0 cm³/mol. The fraction of sp³-hybridized carbons (Fsp3) is 0.176. The molecule has 3 N–H and O–H groups in total. The first-order valence-electron chi connectivity index (χ1n) is 7.01. The van der Waals surface area contributed by atoms with Gasteiger partial charge in [0.2, 0.25) is 11.8 Å². The van der Waals surface area contributed by atoms with Crippen molar-refractivity contribution in [1.82, 2.24) is 0 Å². The number of hydrogen-bond donors (Lipinski definition) is 3. The summed E-state index contributed by atoms with van der Waals surface area (Å²) in [6, 6.07) is 14.8. The smallest absolute Gasteiger partial charge is 0.243 e. The third-order valence-electron chi connectivity index (χ3n) is 2.96. The van der Waals surface area contributed by atoms with Crippen molar-refractivity contribution in [3.8, 4) is 0 Å². The number of carbonyl (C=O) groups is 2. The summed E-state index contributed by atoms with van der Waals surface area (Å²) < 4.78 is 0. The van der Waals surface area contributed by atoms with E-state index in [4.69, 9.17) is 0 Å². The molecule has 0 aliphatic carbocycles. The van der Waals surface area contributed by atoms with Gasteiger partial charge in [0, 0.05) is 24.0 Å². The number of amides is 2. The highest BCUT2D eigenvalue weighted by atomic mass is 16.2. The van der Waals surface area contributed by atoms with Crippen LogP contribution in [0.4, 0.5) is 17.1 Å². The summed E-state index contributed by atoms with van der Waals surface area (Å²) in [5.74, 6) is -0.257. The van der Waals surface area contributed by atoms with Gasteiger partial charge in [0.05, 0.1) is 6.54 Å². The van der Waals surface area contributed by atoms with Crippen LogP contribution in [0.5, 0.6) is 0 Å². The molecule has 2 rings (SSSR count).